The maximum absolute atomic E-state index is 11.5. The number of aliphatic hydroxyl groups is 1. The number of aliphatic hydroxyl groups excluding tert-OH is 1. The van der Waals surface area contributed by atoms with Crippen LogP contribution in [0.15, 0.2) is 5.38 Å². The average Bonchev–Trinajstić information content (AvgIpc) is 2.76. The van der Waals surface area contributed by atoms with E-state index in [2.05, 4.69) is 9.88 Å². The monoisotopic (exact) mass is 284 g/mol. The summed E-state index contributed by atoms with van der Waals surface area (Å²) in [4.78, 5) is 18.0. The van der Waals surface area contributed by atoms with Crippen LogP contribution in [0.5, 0.6) is 0 Å². The number of thiazole rings is 1. The van der Waals surface area contributed by atoms with Crippen molar-refractivity contribution in [2.75, 3.05) is 20.2 Å². The molecule has 0 aliphatic heterocycles. The molecule has 1 aliphatic carbocycles. The van der Waals surface area contributed by atoms with Gasteiger partial charge in [-0.15, -0.1) is 11.3 Å². The Labute approximate surface area is 117 Å². The second kappa shape index (κ2) is 6.45. The molecule has 0 bridgehead atoms. The van der Waals surface area contributed by atoms with Gasteiger partial charge in [-0.05, 0) is 32.7 Å². The second-order valence-corrected chi connectivity index (χ2v) is 5.91. The van der Waals surface area contributed by atoms with E-state index < -0.39 is 0 Å². The molecule has 0 aromatic carbocycles. The van der Waals surface area contributed by atoms with E-state index >= 15 is 0 Å². The third kappa shape index (κ3) is 3.99. The van der Waals surface area contributed by atoms with Crippen molar-refractivity contribution in [1.82, 2.24) is 9.88 Å². The van der Waals surface area contributed by atoms with E-state index in [0.717, 1.165) is 31.6 Å². The first kappa shape index (κ1) is 14.4. The third-order valence-corrected chi connectivity index (χ3v) is 4.09. The standard InChI is InChI=1S/C13H20N2O3S/c1-3-18-13(17)12-14-10(8-19-12)7-15(2)6-9-4-11(16)5-9/h8-9,11,16H,3-7H2,1-2H3. The van der Waals surface area contributed by atoms with Gasteiger partial charge in [-0.25, -0.2) is 9.78 Å². The van der Waals surface area contributed by atoms with Crippen molar-refractivity contribution in [2.24, 2.45) is 5.92 Å². The maximum atomic E-state index is 11.5. The molecule has 0 radical (unpaired) electrons. The van der Waals surface area contributed by atoms with Gasteiger partial charge in [0.05, 0.1) is 18.4 Å². The van der Waals surface area contributed by atoms with E-state index in [1.54, 1.807) is 6.92 Å². The van der Waals surface area contributed by atoms with Crippen LogP contribution in [0.2, 0.25) is 0 Å². The number of ether oxygens (including phenoxy) is 1. The van der Waals surface area contributed by atoms with Crippen LogP contribution in [0, 0.1) is 5.92 Å². The molecular weight excluding hydrogens is 264 g/mol. The minimum absolute atomic E-state index is 0.104. The predicted molar refractivity (Wildman–Crippen MR) is 73.1 cm³/mol. The summed E-state index contributed by atoms with van der Waals surface area (Å²) in [5, 5.41) is 11.6. The summed E-state index contributed by atoms with van der Waals surface area (Å²) in [6.45, 7) is 3.84. The molecule has 0 saturated heterocycles. The fourth-order valence-electron chi connectivity index (χ4n) is 2.30. The molecule has 1 aromatic rings. The first-order valence-corrected chi connectivity index (χ1v) is 7.44. The van der Waals surface area contributed by atoms with Crippen molar-refractivity contribution in [3.63, 3.8) is 0 Å². The van der Waals surface area contributed by atoms with E-state index in [4.69, 9.17) is 4.74 Å². The molecular formula is C13H20N2O3S. The third-order valence-electron chi connectivity index (χ3n) is 3.21. The molecule has 1 fully saturated rings. The summed E-state index contributed by atoms with van der Waals surface area (Å²) >= 11 is 1.33. The van der Waals surface area contributed by atoms with Crippen molar-refractivity contribution in [1.29, 1.82) is 0 Å². The van der Waals surface area contributed by atoms with Crippen molar-refractivity contribution >= 4 is 17.3 Å². The predicted octanol–water partition coefficient (Wildman–Crippen LogP) is 1.52. The van der Waals surface area contributed by atoms with Gasteiger partial charge in [0.15, 0.2) is 0 Å². The lowest BCUT2D eigenvalue weighted by atomic mass is 9.82. The van der Waals surface area contributed by atoms with Gasteiger partial charge in [0.2, 0.25) is 5.01 Å². The van der Waals surface area contributed by atoms with Gasteiger partial charge >= 0.3 is 5.97 Å². The molecule has 0 atom stereocenters. The van der Waals surface area contributed by atoms with Gasteiger partial charge in [0.25, 0.3) is 0 Å². The molecule has 106 valence electrons. The van der Waals surface area contributed by atoms with E-state index in [1.165, 1.54) is 11.3 Å². The number of hydrogen-bond acceptors (Lipinski definition) is 6. The van der Waals surface area contributed by atoms with Crippen molar-refractivity contribution in [3.8, 4) is 0 Å². The molecule has 1 N–H and O–H groups in total. The first-order chi connectivity index (χ1) is 9.08. The number of rotatable bonds is 6. The van der Waals surface area contributed by atoms with Crippen LogP contribution in [0.25, 0.3) is 0 Å². The highest BCUT2D eigenvalue weighted by Gasteiger charge is 2.28. The van der Waals surface area contributed by atoms with Crippen molar-refractivity contribution < 1.29 is 14.6 Å². The lowest BCUT2D eigenvalue weighted by Gasteiger charge is -2.34. The summed E-state index contributed by atoms with van der Waals surface area (Å²) in [6.07, 6.45) is 1.69. The van der Waals surface area contributed by atoms with Gasteiger partial charge in [0.1, 0.15) is 0 Å². The smallest absolute Gasteiger partial charge is 0.367 e. The first-order valence-electron chi connectivity index (χ1n) is 6.56. The van der Waals surface area contributed by atoms with Gasteiger partial charge in [-0.3, -0.25) is 0 Å². The van der Waals surface area contributed by atoms with Gasteiger partial charge in [0, 0.05) is 18.5 Å². The molecule has 1 heterocycles. The van der Waals surface area contributed by atoms with Crippen LogP contribution >= 0.6 is 11.3 Å². The highest BCUT2D eigenvalue weighted by atomic mass is 32.1. The molecule has 0 spiro atoms. The van der Waals surface area contributed by atoms with Crippen LogP contribution in [0.1, 0.15) is 35.3 Å². The minimum Gasteiger partial charge on any atom is -0.461 e. The molecule has 1 saturated carbocycles. The summed E-state index contributed by atoms with van der Waals surface area (Å²) < 4.78 is 4.92. The fourth-order valence-corrected chi connectivity index (χ4v) is 3.00. The summed E-state index contributed by atoms with van der Waals surface area (Å²) in [5.74, 6) is 0.242. The number of carbonyl (C=O) groups is 1. The average molecular weight is 284 g/mol. The Morgan fingerprint density at radius 3 is 3.00 bits per heavy atom. The van der Waals surface area contributed by atoms with Gasteiger partial charge in [-0.2, -0.15) is 0 Å². The van der Waals surface area contributed by atoms with E-state index in [0.29, 0.717) is 17.5 Å². The van der Waals surface area contributed by atoms with E-state index in [-0.39, 0.29) is 12.1 Å². The Morgan fingerprint density at radius 1 is 1.63 bits per heavy atom. The Balaban J connectivity index is 1.80. The van der Waals surface area contributed by atoms with Gasteiger partial charge in [-0.1, -0.05) is 0 Å². The van der Waals surface area contributed by atoms with Gasteiger partial charge < -0.3 is 14.7 Å². The lowest BCUT2D eigenvalue weighted by molar-refractivity contribution is 0.0272. The molecule has 5 nitrogen and oxygen atoms in total. The molecule has 1 aliphatic rings. The number of hydrogen-bond donors (Lipinski definition) is 1. The SMILES string of the molecule is CCOC(=O)c1nc(CN(C)CC2CC(O)C2)cs1. The summed E-state index contributed by atoms with van der Waals surface area (Å²) in [7, 11) is 2.04. The van der Waals surface area contributed by atoms with Crippen LogP contribution in [-0.4, -0.2) is 47.3 Å². The lowest BCUT2D eigenvalue weighted by Crippen LogP contribution is -2.36. The zero-order chi connectivity index (χ0) is 13.8. The zero-order valence-electron chi connectivity index (χ0n) is 11.3. The van der Waals surface area contributed by atoms with Crippen LogP contribution in [-0.2, 0) is 11.3 Å². The quantitative estimate of drug-likeness (QED) is 0.803. The maximum Gasteiger partial charge on any atom is 0.367 e. The van der Waals surface area contributed by atoms with E-state index in [1.807, 2.05) is 12.4 Å². The van der Waals surface area contributed by atoms with Crippen LogP contribution in [0.3, 0.4) is 0 Å². The molecule has 0 unspecified atom stereocenters. The van der Waals surface area contributed by atoms with Crippen LogP contribution in [0.4, 0.5) is 0 Å². The number of esters is 1. The minimum atomic E-state index is -0.344. The molecule has 0 amide bonds. The molecule has 1 aromatic heterocycles. The highest BCUT2D eigenvalue weighted by Crippen LogP contribution is 2.27. The normalized spacial score (nSPS) is 22.3. The fraction of sp³-hybridized carbons (Fsp3) is 0.692. The number of carbonyl (C=O) groups excluding carboxylic acids is 1. The van der Waals surface area contributed by atoms with Crippen molar-refractivity contribution in [2.45, 2.75) is 32.4 Å². The topological polar surface area (TPSA) is 62.7 Å². The van der Waals surface area contributed by atoms with E-state index in [9.17, 15) is 9.90 Å². The zero-order valence-corrected chi connectivity index (χ0v) is 12.2. The second-order valence-electron chi connectivity index (χ2n) is 5.05. The van der Waals surface area contributed by atoms with Crippen molar-refractivity contribution in [3.05, 3.63) is 16.1 Å². The summed E-state index contributed by atoms with van der Waals surface area (Å²) in [6, 6.07) is 0. The molecule has 2 rings (SSSR count). The Bertz CT molecular complexity index is 429. The molecule has 6 heteroatoms. The Hall–Kier alpha value is -0.980. The summed E-state index contributed by atoms with van der Waals surface area (Å²) in [5.41, 5.74) is 0.899. The number of nitrogens with zero attached hydrogens (tertiary/aromatic N) is 2. The Morgan fingerprint density at radius 2 is 2.37 bits per heavy atom. The Kier molecular flexibility index (Phi) is 4.90. The molecule has 19 heavy (non-hydrogen) atoms. The number of aromatic nitrogens is 1. The largest absolute Gasteiger partial charge is 0.461 e. The highest BCUT2D eigenvalue weighted by molar-refractivity contribution is 7.11. The van der Waals surface area contributed by atoms with Crippen LogP contribution < -0.4 is 0 Å².